The number of para-hydroxylation sites is 1. The second kappa shape index (κ2) is 8.38. The van der Waals surface area contributed by atoms with Crippen molar-refractivity contribution in [2.24, 2.45) is 0 Å². The minimum absolute atomic E-state index is 0.0751. The van der Waals surface area contributed by atoms with Crippen LogP contribution in [0.2, 0.25) is 0 Å². The van der Waals surface area contributed by atoms with Crippen LogP contribution in [0.4, 0.5) is 0 Å². The Kier molecular flexibility index (Phi) is 5.53. The lowest BCUT2D eigenvalue weighted by Crippen LogP contribution is -2.50. The fourth-order valence-corrected chi connectivity index (χ4v) is 6.75. The van der Waals surface area contributed by atoms with Gasteiger partial charge in [0.25, 0.3) is 0 Å². The Morgan fingerprint density at radius 1 is 0.636 bits per heavy atom. The number of rotatable bonds is 5. The molecular formula is C23H22N4O4S2. The molecule has 0 aliphatic carbocycles. The van der Waals surface area contributed by atoms with E-state index in [0.29, 0.717) is 0 Å². The van der Waals surface area contributed by atoms with Gasteiger partial charge >= 0.3 is 0 Å². The highest BCUT2D eigenvalue weighted by atomic mass is 32.2. The van der Waals surface area contributed by atoms with Crippen molar-refractivity contribution in [1.82, 2.24) is 18.4 Å². The third kappa shape index (κ3) is 4.06. The standard InChI is InChI=1S/C23H22N4O4S2/c28-32(29,22-11-10-19-6-4-5-7-20(19)16-22)25-12-14-26(15-13-25)33(30,31)23-17-24-27(18-23)21-8-2-1-3-9-21/h1-11,16-18H,12-15H2. The lowest BCUT2D eigenvalue weighted by molar-refractivity contribution is 0.273. The van der Waals surface area contributed by atoms with Gasteiger partial charge in [0.2, 0.25) is 20.0 Å². The van der Waals surface area contributed by atoms with Crippen LogP contribution in [0.5, 0.6) is 0 Å². The number of benzene rings is 3. The third-order valence-electron chi connectivity index (χ3n) is 5.77. The molecule has 0 bridgehead atoms. The number of hydrogen-bond donors (Lipinski definition) is 0. The highest BCUT2D eigenvalue weighted by Crippen LogP contribution is 2.25. The number of fused-ring (bicyclic) bond motifs is 1. The second-order valence-corrected chi connectivity index (χ2v) is 11.6. The van der Waals surface area contributed by atoms with Crippen LogP contribution in [-0.2, 0) is 20.0 Å². The number of piperazine rings is 1. The van der Waals surface area contributed by atoms with E-state index in [2.05, 4.69) is 5.10 Å². The zero-order chi connectivity index (χ0) is 23.1. The summed E-state index contributed by atoms with van der Waals surface area (Å²) in [6.07, 6.45) is 2.80. The van der Waals surface area contributed by atoms with Crippen LogP contribution in [0.3, 0.4) is 0 Å². The van der Waals surface area contributed by atoms with E-state index in [-0.39, 0.29) is 36.0 Å². The first-order chi connectivity index (χ1) is 15.9. The maximum Gasteiger partial charge on any atom is 0.246 e. The van der Waals surface area contributed by atoms with Gasteiger partial charge in [-0.2, -0.15) is 13.7 Å². The summed E-state index contributed by atoms with van der Waals surface area (Å²) in [6, 6.07) is 21.8. The summed E-state index contributed by atoms with van der Waals surface area (Å²) in [5.74, 6) is 0. The van der Waals surface area contributed by atoms with E-state index in [1.807, 2.05) is 54.6 Å². The Balaban J connectivity index is 1.32. The van der Waals surface area contributed by atoms with Crippen molar-refractivity contribution in [3.05, 3.63) is 85.2 Å². The van der Waals surface area contributed by atoms with Crippen molar-refractivity contribution in [1.29, 1.82) is 0 Å². The van der Waals surface area contributed by atoms with Crippen LogP contribution >= 0.6 is 0 Å². The molecule has 0 unspecified atom stereocenters. The van der Waals surface area contributed by atoms with E-state index < -0.39 is 20.0 Å². The smallest absolute Gasteiger partial charge is 0.240 e. The minimum atomic E-state index is -3.78. The molecule has 3 aromatic carbocycles. The van der Waals surface area contributed by atoms with Crippen molar-refractivity contribution in [3.63, 3.8) is 0 Å². The van der Waals surface area contributed by atoms with Gasteiger partial charge in [-0.1, -0.05) is 48.5 Å². The summed E-state index contributed by atoms with van der Waals surface area (Å²) in [4.78, 5) is 0.291. The highest BCUT2D eigenvalue weighted by molar-refractivity contribution is 7.89. The van der Waals surface area contributed by atoms with Crippen LogP contribution < -0.4 is 0 Å². The fourth-order valence-electron chi connectivity index (χ4n) is 3.94. The molecule has 33 heavy (non-hydrogen) atoms. The Bertz CT molecular complexity index is 1510. The highest BCUT2D eigenvalue weighted by Gasteiger charge is 2.34. The topological polar surface area (TPSA) is 92.6 Å². The van der Waals surface area contributed by atoms with Gasteiger partial charge in [0.1, 0.15) is 4.90 Å². The van der Waals surface area contributed by atoms with Crippen molar-refractivity contribution in [2.45, 2.75) is 9.79 Å². The van der Waals surface area contributed by atoms with Gasteiger partial charge < -0.3 is 0 Å². The molecule has 0 amide bonds. The van der Waals surface area contributed by atoms with E-state index in [0.717, 1.165) is 16.5 Å². The van der Waals surface area contributed by atoms with Crippen LogP contribution in [-0.4, -0.2) is 61.4 Å². The van der Waals surface area contributed by atoms with Crippen LogP contribution in [0.25, 0.3) is 16.5 Å². The molecule has 0 spiro atoms. The van der Waals surface area contributed by atoms with E-state index in [1.54, 1.807) is 18.2 Å². The van der Waals surface area contributed by atoms with Gasteiger partial charge in [-0.15, -0.1) is 0 Å². The molecule has 1 aliphatic heterocycles. The minimum Gasteiger partial charge on any atom is -0.240 e. The van der Waals surface area contributed by atoms with Crippen molar-refractivity contribution in [3.8, 4) is 5.69 Å². The Labute approximate surface area is 192 Å². The summed E-state index contributed by atoms with van der Waals surface area (Å²) < 4.78 is 56.7. The molecule has 1 fully saturated rings. The Hall–Kier alpha value is -3.05. The first-order valence-electron chi connectivity index (χ1n) is 10.4. The summed E-state index contributed by atoms with van der Waals surface area (Å²) in [5.41, 5.74) is 0.755. The molecule has 10 heteroatoms. The fraction of sp³-hybridized carbons (Fsp3) is 0.174. The van der Waals surface area contributed by atoms with Gasteiger partial charge in [0.05, 0.1) is 23.0 Å². The maximum atomic E-state index is 13.2. The number of sulfonamides is 2. The molecule has 0 N–H and O–H groups in total. The van der Waals surface area contributed by atoms with Crippen LogP contribution in [0, 0.1) is 0 Å². The van der Waals surface area contributed by atoms with Crippen molar-refractivity contribution >= 4 is 30.8 Å². The third-order valence-corrected chi connectivity index (χ3v) is 9.52. The summed E-state index contributed by atoms with van der Waals surface area (Å²) in [5, 5.41) is 5.98. The zero-order valence-corrected chi connectivity index (χ0v) is 19.3. The van der Waals surface area contributed by atoms with Gasteiger partial charge in [0, 0.05) is 26.2 Å². The molecule has 8 nitrogen and oxygen atoms in total. The largest absolute Gasteiger partial charge is 0.246 e. The molecule has 5 rings (SSSR count). The molecule has 0 atom stereocenters. The molecule has 1 aromatic heterocycles. The Morgan fingerprint density at radius 3 is 1.88 bits per heavy atom. The van der Waals surface area contributed by atoms with E-state index in [1.165, 1.54) is 25.7 Å². The molecule has 4 aromatic rings. The predicted molar refractivity (Wildman–Crippen MR) is 125 cm³/mol. The van der Waals surface area contributed by atoms with Gasteiger partial charge in [0.15, 0.2) is 0 Å². The normalized spacial score (nSPS) is 16.2. The van der Waals surface area contributed by atoms with Crippen LogP contribution in [0.1, 0.15) is 0 Å². The predicted octanol–water partition coefficient (Wildman–Crippen LogP) is 2.72. The molecule has 1 aliphatic rings. The second-order valence-electron chi connectivity index (χ2n) is 7.77. The lowest BCUT2D eigenvalue weighted by Gasteiger charge is -2.33. The quantitative estimate of drug-likeness (QED) is 0.436. The summed E-state index contributed by atoms with van der Waals surface area (Å²) in [6.45, 7) is 0.319. The average molecular weight is 483 g/mol. The molecular weight excluding hydrogens is 460 g/mol. The first-order valence-corrected chi connectivity index (χ1v) is 13.3. The number of aromatic nitrogens is 2. The summed E-state index contributed by atoms with van der Waals surface area (Å²) in [7, 11) is -7.51. The maximum absolute atomic E-state index is 13.2. The van der Waals surface area contributed by atoms with Crippen LogP contribution in [0.15, 0.2) is 95.0 Å². The number of nitrogens with zero attached hydrogens (tertiary/aromatic N) is 4. The SMILES string of the molecule is O=S(=O)(c1ccc2ccccc2c1)N1CCN(S(=O)(=O)c2cnn(-c3ccccc3)c2)CC1. The molecule has 2 heterocycles. The van der Waals surface area contributed by atoms with Gasteiger partial charge in [-0.05, 0) is 35.0 Å². The van der Waals surface area contributed by atoms with E-state index in [4.69, 9.17) is 0 Å². The molecule has 0 saturated carbocycles. The number of hydrogen-bond acceptors (Lipinski definition) is 5. The van der Waals surface area contributed by atoms with E-state index >= 15 is 0 Å². The van der Waals surface area contributed by atoms with Gasteiger partial charge in [-0.25, -0.2) is 21.5 Å². The lowest BCUT2D eigenvalue weighted by atomic mass is 10.1. The molecule has 170 valence electrons. The molecule has 1 saturated heterocycles. The Morgan fingerprint density at radius 2 is 1.21 bits per heavy atom. The zero-order valence-electron chi connectivity index (χ0n) is 17.6. The monoisotopic (exact) mass is 482 g/mol. The molecule has 0 radical (unpaired) electrons. The van der Waals surface area contributed by atoms with Crippen molar-refractivity contribution in [2.75, 3.05) is 26.2 Å². The van der Waals surface area contributed by atoms with E-state index in [9.17, 15) is 16.8 Å². The summed E-state index contributed by atoms with van der Waals surface area (Å²) >= 11 is 0. The average Bonchev–Trinajstić information content (AvgIpc) is 3.36. The first kappa shape index (κ1) is 21.8. The van der Waals surface area contributed by atoms with Crippen molar-refractivity contribution < 1.29 is 16.8 Å². The van der Waals surface area contributed by atoms with Gasteiger partial charge in [-0.3, -0.25) is 0 Å².